The summed E-state index contributed by atoms with van der Waals surface area (Å²) in [6.07, 6.45) is -3.66. The first-order chi connectivity index (χ1) is 10.5. The van der Waals surface area contributed by atoms with Crippen molar-refractivity contribution in [2.45, 2.75) is 25.1 Å². The number of anilines is 1. The van der Waals surface area contributed by atoms with Gasteiger partial charge in [0.25, 0.3) is 0 Å². The summed E-state index contributed by atoms with van der Waals surface area (Å²) in [5.41, 5.74) is -0.944. The number of piperidine rings is 1. The van der Waals surface area contributed by atoms with Crippen LogP contribution < -0.4 is 10.2 Å². The Morgan fingerprint density at radius 2 is 2.05 bits per heavy atom. The van der Waals surface area contributed by atoms with Crippen molar-refractivity contribution in [1.29, 1.82) is 0 Å². The number of carbonyl (C=O) groups excluding carboxylic acids is 1. The van der Waals surface area contributed by atoms with Gasteiger partial charge in [0.2, 0.25) is 0 Å². The molecule has 0 radical (unpaired) electrons. The minimum Gasteiger partial charge on any atom is -0.444 e. The lowest BCUT2D eigenvalue weighted by Gasteiger charge is -2.26. The van der Waals surface area contributed by atoms with Gasteiger partial charge in [-0.2, -0.15) is 13.2 Å². The van der Waals surface area contributed by atoms with Crippen LogP contribution in [0.5, 0.6) is 0 Å². The van der Waals surface area contributed by atoms with Gasteiger partial charge >= 0.3 is 12.3 Å². The second-order valence-corrected chi connectivity index (χ2v) is 5.65. The van der Waals surface area contributed by atoms with Gasteiger partial charge in [-0.15, -0.1) is 0 Å². The van der Waals surface area contributed by atoms with E-state index in [4.69, 9.17) is 4.74 Å². The number of halogens is 3. The molecule has 0 saturated carbocycles. The van der Waals surface area contributed by atoms with Crippen molar-refractivity contribution in [3.63, 3.8) is 0 Å². The molecule has 2 aliphatic rings. The zero-order chi connectivity index (χ0) is 15.7. The van der Waals surface area contributed by atoms with Crippen LogP contribution in [0.15, 0.2) is 24.3 Å². The highest BCUT2D eigenvalue weighted by atomic mass is 19.4. The van der Waals surface area contributed by atoms with Gasteiger partial charge in [-0.05, 0) is 31.5 Å². The fourth-order valence-electron chi connectivity index (χ4n) is 3.07. The number of cyclic esters (lactones) is 1. The number of hydrogen-bond donors (Lipinski definition) is 1. The zero-order valence-electron chi connectivity index (χ0n) is 11.9. The monoisotopic (exact) mass is 314 g/mol. The standard InChI is InChI=1S/C15H17F3N2O2/c16-15(17,18)11-5-1-2-6-12(11)20-9-13(22-14(20)21)10-4-3-7-19-8-10/h1-2,5-6,10,13,19H,3-4,7-9H2. The number of ether oxygens (including phenoxy) is 1. The number of para-hydroxylation sites is 1. The number of hydrogen-bond acceptors (Lipinski definition) is 3. The van der Waals surface area contributed by atoms with Gasteiger partial charge in [0.05, 0.1) is 17.8 Å². The highest BCUT2D eigenvalue weighted by Crippen LogP contribution is 2.38. The third kappa shape index (κ3) is 2.90. The molecule has 0 bridgehead atoms. The van der Waals surface area contributed by atoms with Gasteiger partial charge in [0.15, 0.2) is 0 Å². The Morgan fingerprint density at radius 3 is 2.73 bits per heavy atom. The number of amides is 1. The van der Waals surface area contributed by atoms with Crippen molar-refractivity contribution < 1.29 is 22.7 Å². The van der Waals surface area contributed by atoms with E-state index < -0.39 is 17.8 Å². The predicted octanol–water partition coefficient (Wildman–Crippen LogP) is 3.03. The number of alkyl halides is 3. The molecule has 0 spiro atoms. The fourth-order valence-corrected chi connectivity index (χ4v) is 3.07. The van der Waals surface area contributed by atoms with Crippen LogP contribution >= 0.6 is 0 Å². The summed E-state index contributed by atoms with van der Waals surface area (Å²) in [6, 6.07) is 5.10. The molecule has 2 atom stereocenters. The molecule has 22 heavy (non-hydrogen) atoms. The van der Waals surface area contributed by atoms with Gasteiger partial charge in [-0.1, -0.05) is 12.1 Å². The summed E-state index contributed by atoms with van der Waals surface area (Å²) in [5, 5.41) is 3.23. The number of nitrogens with zero attached hydrogens (tertiary/aromatic N) is 1. The van der Waals surface area contributed by atoms with E-state index in [2.05, 4.69) is 5.32 Å². The smallest absolute Gasteiger partial charge is 0.418 e. The molecule has 3 rings (SSSR count). The van der Waals surface area contributed by atoms with Gasteiger partial charge in [-0.3, -0.25) is 4.90 Å². The van der Waals surface area contributed by atoms with Gasteiger partial charge in [-0.25, -0.2) is 4.79 Å². The first kappa shape index (κ1) is 15.1. The van der Waals surface area contributed by atoms with Crippen molar-refractivity contribution >= 4 is 11.8 Å². The highest BCUT2D eigenvalue weighted by molar-refractivity contribution is 5.90. The number of nitrogens with one attached hydrogen (secondary N) is 1. The minimum atomic E-state index is -4.50. The largest absolute Gasteiger partial charge is 0.444 e. The molecule has 2 unspecified atom stereocenters. The van der Waals surface area contributed by atoms with E-state index in [1.54, 1.807) is 0 Å². The Kier molecular flexibility index (Phi) is 3.99. The molecule has 1 aromatic rings. The lowest BCUT2D eigenvalue weighted by atomic mass is 9.93. The Morgan fingerprint density at radius 1 is 1.27 bits per heavy atom. The third-order valence-corrected chi connectivity index (χ3v) is 4.20. The van der Waals surface area contributed by atoms with E-state index >= 15 is 0 Å². The Bertz CT molecular complexity index is 556. The average molecular weight is 314 g/mol. The van der Waals surface area contributed by atoms with Crippen molar-refractivity contribution in [2.24, 2.45) is 5.92 Å². The quantitative estimate of drug-likeness (QED) is 0.912. The Labute approximate surface area is 126 Å². The Balaban J connectivity index is 1.82. The van der Waals surface area contributed by atoms with Crippen molar-refractivity contribution in [2.75, 3.05) is 24.5 Å². The normalized spacial score (nSPS) is 26.1. The first-order valence-electron chi connectivity index (χ1n) is 7.32. The Hall–Kier alpha value is -1.76. The van der Waals surface area contributed by atoms with Crippen LogP contribution in [-0.4, -0.2) is 31.8 Å². The maximum atomic E-state index is 13.1. The molecule has 120 valence electrons. The molecule has 2 fully saturated rings. The number of benzene rings is 1. The second kappa shape index (κ2) is 5.79. The van der Waals surface area contributed by atoms with Crippen molar-refractivity contribution in [1.82, 2.24) is 5.32 Å². The molecule has 1 N–H and O–H groups in total. The lowest BCUT2D eigenvalue weighted by Crippen LogP contribution is -2.38. The van der Waals surface area contributed by atoms with E-state index in [1.165, 1.54) is 18.2 Å². The number of rotatable bonds is 2. The predicted molar refractivity (Wildman–Crippen MR) is 74.7 cm³/mol. The summed E-state index contributed by atoms with van der Waals surface area (Å²) < 4.78 is 44.6. The minimum absolute atomic E-state index is 0.133. The van der Waals surface area contributed by atoms with Crippen LogP contribution in [0.25, 0.3) is 0 Å². The molecule has 1 aromatic carbocycles. The summed E-state index contributed by atoms with van der Waals surface area (Å²) in [4.78, 5) is 13.1. The molecule has 4 nitrogen and oxygen atoms in total. The zero-order valence-corrected chi connectivity index (χ0v) is 11.9. The maximum Gasteiger partial charge on any atom is 0.418 e. The first-order valence-corrected chi connectivity index (χ1v) is 7.32. The van der Waals surface area contributed by atoms with Crippen LogP contribution in [0.3, 0.4) is 0 Å². The van der Waals surface area contributed by atoms with Crippen LogP contribution in [-0.2, 0) is 10.9 Å². The summed E-state index contributed by atoms with van der Waals surface area (Å²) in [5.74, 6) is 0.153. The van der Waals surface area contributed by atoms with Crippen molar-refractivity contribution in [3.8, 4) is 0 Å². The third-order valence-electron chi connectivity index (χ3n) is 4.20. The van der Waals surface area contributed by atoms with E-state index in [0.717, 1.165) is 36.9 Å². The molecule has 0 aromatic heterocycles. The molecular weight excluding hydrogens is 297 g/mol. The fraction of sp³-hybridized carbons (Fsp3) is 0.533. The molecule has 0 aliphatic carbocycles. The molecule has 1 amide bonds. The average Bonchev–Trinajstić information content (AvgIpc) is 2.89. The van der Waals surface area contributed by atoms with Gasteiger partial charge in [0, 0.05) is 12.5 Å². The van der Waals surface area contributed by atoms with E-state index in [-0.39, 0.29) is 24.3 Å². The number of carbonyl (C=O) groups is 1. The summed E-state index contributed by atoms with van der Waals surface area (Å²) in [7, 11) is 0. The SMILES string of the molecule is O=C1OC(C2CCCNC2)CN1c1ccccc1C(F)(F)F. The highest BCUT2D eigenvalue weighted by Gasteiger charge is 2.42. The van der Waals surface area contributed by atoms with E-state index in [1.807, 2.05) is 0 Å². The summed E-state index contributed by atoms with van der Waals surface area (Å²) >= 11 is 0. The van der Waals surface area contributed by atoms with Gasteiger partial charge in [0.1, 0.15) is 6.10 Å². The molecule has 7 heteroatoms. The second-order valence-electron chi connectivity index (χ2n) is 5.65. The molecule has 2 saturated heterocycles. The van der Waals surface area contributed by atoms with Crippen LogP contribution in [0, 0.1) is 5.92 Å². The maximum absolute atomic E-state index is 13.1. The molecule has 2 heterocycles. The topological polar surface area (TPSA) is 41.6 Å². The molecular formula is C15H17F3N2O2. The van der Waals surface area contributed by atoms with Crippen LogP contribution in [0.1, 0.15) is 18.4 Å². The van der Waals surface area contributed by atoms with Crippen LogP contribution in [0.4, 0.5) is 23.7 Å². The van der Waals surface area contributed by atoms with E-state index in [9.17, 15) is 18.0 Å². The lowest BCUT2D eigenvalue weighted by molar-refractivity contribution is -0.137. The van der Waals surface area contributed by atoms with Crippen LogP contribution in [0.2, 0.25) is 0 Å². The summed E-state index contributed by atoms with van der Waals surface area (Å²) in [6.45, 7) is 1.82. The van der Waals surface area contributed by atoms with Gasteiger partial charge < -0.3 is 10.1 Å². The van der Waals surface area contributed by atoms with E-state index in [0.29, 0.717) is 0 Å². The van der Waals surface area contributed by atoms with Crippen molar-refractivity contribution in [3.05, 3.63) is 29.8 Å². The molecule has 2 aliphatic heterocycles.